The molecule has 0 bridgehead atoms. The van der Waals surface area contributed by atoms with Gasteiger partial charge in [-0.25, -0.2) is 13.1 Å². The summed E-state index contributed by atoms with van der Waals surface area (Å²) in [4.78, 5) is 0.523. The van der Waals surface area contributed by atoms with Crippen LogP contribution >= 0.6 is 12.2 Å². The molecule has 2 rings (SSSR count). The van der Waals surface area contributed by atoms with Crippen LogP contribution in [0.1, 0.15) is 38.2 Å². The third kappa shape index (κ3) is 4.49. The fourth-order valence-corrected chi connectivity index (χ4v) is 4.11. The van der Waals surface area contributed by atoms with Gasteiger partial charge < -0.3 is 5.73 Å². The minimum Gasteiger partial charge on any atom is -0.389 e. The SMILES string of the molecule is CC1CCCC(CNS(=O)(=O)c2ccc(C(N)=S)cc2)C1. The smallest absolute Gasteiger partial charge is 0.240 e. The number of rotatable bonds is 5. The lowest BCUT2D eigenvalue weighted by atomic mass is 9.83. The van der Waals surface area contributed by atoms with Crippen molar-refractivity contribution in [3.8, 4) is 0 Å². The van der Waals surface area contributed by atoms with Crippen LogP contribution in [0, 0.1) is 11.8 Å². The highest BCUT2D eigenvalue weighted by atomic mass is 32.2. The molecule has 1 aliphatic carbocycles. The first-order valence-electron chi connectivity index (χ1n) is 7.28. The van der Waals surface area contributed by atoms with E-state index in [1.165, 1.54) is 12.8 Å². The molecule has 1 fully saturated rings. The summed E-state index contributed by atoms with van der Waals surface area (Å²) in [7, 11) is -3.45. The highest BCUT2D eigenvalue weighted by Crippen LogP contribution is 2.28. The summed E-state index contributed by atoms with van der Waals surface area (Å²) in [5, 5.41) is 0. The second-order valence-corrected chi connectivity index (χ2v) is 8.09. The van der Waals surface area contributed by atoms with Crippen LogP contribution in [0.5, 0.6) is 0 Å². The Morgan fingerprint density at radius 1 is 1.33 bits per heavy atom. The van der Waals surface area contributed by atoms with Crippen molar-refractivity contribution in [1.29, 1.82) is 0 Å². The molecule has 1 aromatic carbocycles. The van der Waals surface area contributed by atoms with Gasteiger partial charge in [0, 0.05) is 12.1 Å². The monoisotopic (exact) mass is 326 g/mol. The van der Waals surface area contributed by atoms with E-state index < -0.39 is 10.0 Å². The van der Waals surface area contributed by atoms with E-state index >= 15 is 0 Å². The number of hydrogen-bond acceptors (Lipinski definition) is 3. The molecule has 0 heterocycles. The molecule has 6 heteroatoms. The van der Waals surface area contributed by atoms with Gasteiger partial charge in [-0.3, -0.25) is 0 Å². The van der Waals surface area contributed by atoms with Crippen molar-refractivity contribution in [3.63, 3.8) is 0 Å². The van der Waals surface area contributed by atoms with Crippen molar-refractivity contribution in [2.45, 2.75) is 37.5 Å². The van der Waals surface area contributed by atoms with Gasteiger partial charge in [-0.15, -0.1) is 0 Å². The second-order valence-electron chi connectivity index (χ2n) is 5.88. The van der Waals surface area contributed by atoms with E-state index in [0.29, 0.717) is 23.9 Å². The second kappa shape index (κ2) is 6.85. The van der Waals surface area contributed by atoms with E-state index in [1.54, 1.807) is 24.3 Å². The van der Waals surface area contributed by atoms with Crippen LogP contribution in [0.3, 0.4) is 0 Å². The molecular formula is C15H22N2O2S2. The first-order chi connectivity index (χ1) is 9.88. The van der Waals surface area contributed by atoms with Crippen molar-refractivity contribution < 1.29 is 8.42 Å². The van der Waals surface area contributed by atoms with E-state index in [1.807, 2.05) is 0 Å². The highest BCUT2D eigenvalue weighted by Gasteiger charge is 2.21. The Bertz CT molecular complexity index is 597. The molecule has 0 radical (unpaired) electrons. The first kappa shape index (κ1) is 16.4. The lowest BCUT2D eigenvalue weighted by Gasteiger charge is -2.26. The van der Waals surface area contributed by atoms with Gasteiger partial charge in [0.25, 0.3) is 0 Å². The summed E-state index contributed by atoms with van der Waals surface area (Å²) >= 11 is 4.86. The average molecular weight is 326 g/mol. The van der Waals surface area contributed by atoms with E-state index in [0.717, 1.165) is 12.8 Å². The Morgan fingerprint density at radius 3 is 2.57 bits per heavy atom. The normalized spacial score (nSPS) is 22.9. The molecule has 0 spiro atoms. The average Bonchev–Trinajstić information content (AvgIpc) is 2.45. The summed E-state index contributed by atoms with van der Waals surface area (Å²) in [5.41, 5.74) is 6.18. The number of hydrogen-bond donors (Lipinski definition) is 2. The Labute approximate surface area is 132 Å². The Morgan fingerprint density at radius 2 is 2.00 bits per heavy atom. The summed E-state index contributed by atoms with van der Waals surface area (Å²) in [5.74, 6) is 1.14. The van der Waals surface area contributed by atoms with E-state index in [9.17, 15) is 8.42 Å². The minimum atomic E-state index is -3.45. The van der Waals surface area contributed by atoms with Gasteiger partial charge in [0.15, 0.2) is 0 Å². The Kier molecular flexibility index (Phi) is 5.35. The fourth-order valence-electron chi connectivity index (χ4n) is 2.85. The van der Waals surface area contributed by atoms with E-state index in [4.69, 9.17) is 18.0 Å². The molecule has 2 atom stereocenters. The molecule has 0 saturated heterocycles. The largest absolute Gasteiger partial charge is 0.389 e. The van der Waals surface area contributed by atoms with Gasteiger partial charge in [0.05, 0.1) is 4.90 Å². The maximum Gasteiger partial charge on any atom is 0.240 e. The molecule has 2 unspecified atom stereocenters. The van der Waals surface area contributed by atoms with Crippen LogP contribution in [-0.4, -0.2) is 20.0 Å². The molecule has 1 aliphatic rings. The molecule has 116 valence electrons. The molecular weight excluding hydrogens is 304 g/mol. The predicted octanol–water partition coefficient (Wildman–Crippen LogP) is 2.43. The molecule has 1 aromatic rings. The van der Waals surface area contributed by atoms with Gasteiger partial charge in [0.1, 0.15) is 4.99 Å². The van der Waals surface area contributed by atoms with E-state index in [2.05, 4.69) is 11.6 Å². The van der Waals surface area contributed by atoms with Crippen LogP contribution in [0.4, 0.5) is 0 Å². The summed E-state index contributed by atoms with van der Waals surface area (Å²) in [6.45, 7) is 2.75. The number of thiocarbonyl (C=S) groups is 1. The summed E-state index contributed by atoms with van der Waals surface area (Å²) < 4.78 is 27.2. The predicted molar refractivity (Wildman–Crippen MR) is 88.6 cm³/mol. The lowest BCUT2D eigenvalue weighted by molar-refractivity contribution is 0.283. The summed E-state index contributed by atoms with van der Waals surface area (Å²) in [6.07, 6.45) is 4.65. The van der Waals surface area contributed by atoms with Crippen LogP contribution < -0.4 is 10.5 Å². The molecule has 4 nitrogen and oxygen atoms in total. The van der Waals surface area contributed by atoms with Crippen LogP contribution in [-0.2, 0) is 10.0 Å². The van der Waals surface area contributed by atoms with Crippen molar-refractivity contribution in [3.05, 3.63) is 29.8 Å². The van der Waals surface area contributed by atoms with Crippen LogP contribution in [0.15, 0.2) is 29.2 Å². The third-order valence-electron chi connectivity index (χ3n) is 4.06. The molecule has 0 aliphatic heterocycles. The molecule has 0 aromatic heterocycles. The molecule has 0 amide bonds. The van der Waals surface area contributed by atoms with Gasteiger partial charge in [0.2, 0.25) is 10.0 Å². The lowest BCUT2D eigenvalue weighted by Crippen LogP contribution is -2.31. The topological polar surface area (TPSA) is 72.2 Å². The number of nitrogens with one attached hydrogen (secondary N) is 1. The minimum absolute atomic E-state index is 0.256. The van der Waals surface area contributed by atoms with Gasteiger partial charge in [-0.2, -0.15) is 0 Å². The van der Waals surface area contributed by atoms with Gasteiger partial charge in [-0.1, -0.05) is 44.1 Å². The zero-order chi connectivity index (χ0) is 15.5. The Balaban J connectivity index is 1.99. The maximum atomic E-state index is 12.3. The zero-order valence-electron chi connectivity index (χ0n) is 12.2. The molecule has 1 saturated carbocycles. The van der Waals surface area contributed by atoms with Crippen molar-refractivity contribution in [1.82, 2.24) is 4.72 Å². The standard InChI is InChI=1S/C15H22N2O2S2/c1-11-3-2-4-12(9-11)10-17-21(18,19)14-7-5-13(6-8-14)15(16)20/h5-8,11-12,17H,2-4,9-10H2,1H3,(H2,16,20). The fraction of sp³-hybridized carbons (Fsp3) is 0.533. The quantitative estimate of drug-likeness (QED) is 0.815. The third-order valence-corrected chi connectivity index (χ3v) is 5.73. The molecule has 3 N–H and O–H groups in total. The van der Waals surface area contributed by atoms with Gasteiger partial charge >= 0.3 is 0 Å². The van der Waals surface area contributed by atoms with E-state index in [-0.39, 0.29) is 9.88 Å². The zero-order valence-corrected chi connectivity index (χ0v) is 13.8. The van der Waals surface area contributed by atoms with Crippen LogP contribution in [0.25, 0.3) is 0 Å². The number of benzene rings is 1. The van der Waals surface area contributed by atoms with Crippen molar-refractivity contribution >= 4 is 27.2 Å². The van der Waals surface area contributed by atoms with Gasteiger partial charge in [-0.05, 0) is 36.8 Å². The first-order valence-corrected chi connectivity index (χ1v) is 9.17. The molecule has 21 heavy (non-hydrogen) atoms. The number of sulfonamides is 1. The van der Waals surface area contributed by atoms with Crippen molar-refractivity contribution in [2.24, 2.45) is 17.6 Å². The Hall–Kier alpha value is -0.980. The van der Waals surface area contributed by atoms with Crippen molar-refractivity contribution in [2.75, 3.05) is 6.54 Å². The van der Waals surface area contributed by atoms with Crippen LogP contribution in [0.2, 0.25) is 0 Å². The maximum absolute atomic E-state index is 12.3. The highest BCUT2D eigenvalue weighted by molar-refractivity contribution is 7.89. The summed E-state index contributed by atoms with van der Waals surface area (Å²) in [6, 6.07) is 6.36. The number of nitrogens with two attached hydrogens (primary N) is 1.